The molecule has 0 saturated carbocycles. The summed E-state index contributed by atoms with van der Waals surface area (Å²) in [7, 11) is 0. The van der Waals surface area contributed by atoms with E-state index >= 15 is 0 Å². The molecule has 0 atom stereocenters. The Morgan fingerprint density at radius 1 is 1.04 bits per heavy atom. The Labute approximate surface area is 143 Å². The monoisotopic (exact) mass is 323 g/mol. The van der Waals surface area contributed by atoms with Crippen LogP contribution < -0.4 is 16.0 Å². The Hall–Kier alpha value is -2.33. The lowest BCUT2D eigenvalue weighted by Gasteiger charge is -2.38. The topological polar surface area (TPSA) is 53.2 Å². The zero-order valence-electron chi connectivity index (χ0n) is 14.1. The molecule has 4 heteroatoms. The highest BCUT2D eigenvalue weighted by Crippen LogP contribution is 2.25. The SMILES string of the molecule is Cc1ccc(NC2(C(=O)NCc3ccccc3)CCNCC2)cc1. The zero-order chi connectivity index (χ0) is 16.8. The van der Waals surface area contributed by atoms with E-state index in [1.807, 2.05) is 42.5 Å². The van der Waals surface area contributed by atoms with Crippen molar-refractivity contribution in [1.82, 2.24) is 10.6 Å². The van der Waals surface area contributed by atoms with Crippen LogP contribution in [0.25, 0.3) is 0 Å². The molecule has 2 aromatic carbocycles. The van der Waals surface area contributed by atoms with Gasteiger partial charge in [-0.15, -0.1) is 0 Å². The summed E-state index contributed by atoms with van der Waals surface area (Å²) in [5.41, 5.74) is 2.78. The van der Waals surface area contributed by atoms with Gasteiger partial charge in [-0.25, -0.2) is 0 Å². The summed E-state index contributed by atoms with van der Waals surface area (Å²) in [6.45, 7) is 4.32. The van der Waals surface area contributed by atoms with Gasteiger partial charge in [-0.3, -0.25) is 4.79 Å². The fourth-order valence-corrected chi connectivity index (χ4v) is 3.12. The molecule has 1 saturated heterocycles. The molecule has 4 nitrogen and oxygen atoms in total. The van der Waals surface area contributed by atoms with Gasteiger partial charge in [-0.05, 0) is 50.6 Å². The van der Waals surface area contributed by atoms with Gasteiger partial charge in [-0.2, -0.15) is 0 Å². The van der Waals surface area contributed by atoms with Crippen molar-refractivity contribution in [2.45, 2.75) is 31.8 Å². The second kappa shape index (κ2) is 7.49. The van der Waals surface area contributed by atoms with Crippen LogP contribution in [0.3, 0.4) is 0 Å². The minimum atomic E-state index is -0.546. The van der Waals surface area contributed by atoms with Crippen molar-refractivity contribution < 1.29 is 4.79 Å². The maximum absolute atomic E-state index is 13.0. The summed E-state index contributed by atoms with van der Waals surface area (Å²) in [5, 5.41) is 9.96. The molecule has 1 fully saturated rings. The van der Waals surface area contributed by atoms with E-state index in [1.54, 1.807) is 0 Å². The van der Waals surface area contributed by atoms with E-state index in [0.717, 1.165) is 37.2 Å². The van der Waals surface area contributed by atoms with E-state index in [-0.39, 0.29) is 5.91 Å². The molecule has 0 radical (unpaired) electrons. The molecule has 1 aliphatic rings. The molecule has 1 aliphatic heterocycles. The molecular formula is C20H25N3O. The number of amides is 1. The van der Waals surface area contributed by atoms with Crippen LogP contribution >= 0.6 is 0 Å². The number of hydrogen-bond acceptors (Lipinski definition) is 3. The van der Waals surface area contributed by atoms with Gasteiger partial charge in [0.25, 0.3) is 0 Å². The number of benzene rings is 2. The third-order valence-electron chi connectivity index (χ3n) is 4.62. The number of nitrogens with one attached hydrogen (secondary N) is 3. The van der Waals surface area contributed by atoms with Gasteiger partial charge in [0.15, 0.2) is 0 Å². The third kappa shape index (κ3) is 3.95. The average Bonchev–Trinajstić information content (AvgIpc) is 2.63. The maximum atomic E-state index is 13.0. The zero-order valence-corrected chi connectivity index (χ0v) is 14.1. The summed E-state index contributed by atoms with van der Waals surface area (Å²) >= 11 is 0. The molecule has 0 aliphatic carbocycles. The molecule has 126 valence electrons. The van der Waals surface area contributed by atoms with Gasteiger partial charge < -0.3 is 16.0 Å². The maximum Gasteiger partial charge on any atom is 0.246 e. The minimum Gasteiger partial charge on any atom is -0.371 e. The molecule has 0 unspecified atom stereocenters. The number of hydrogen-bond donors (Lipinski definition) is 3. The number of carbonyl (C=O) groups is 1. The van der Waals surface area contributed by atoms with Crippen LogP contribution in [0.1, 0.15) is 24.0 Å². The second-order valence-corrected chi connectivity index (χ2v) is 6.49. The average molecular weight is 323 g/mol. The fraction of sp³-hybridized carbons (Fsp3) is 0.350. The number of aryl methyl sites for hydroxylation is 1. The second-order valence-electron chi connectivity index (χ2n) is 6.49. The quantitative estimate of drug-likeness (QED) is 0.793. The van der Waals surface area contributed by atoms with Gasteiger partial charge in [0.05, 0.1) is 0 Å². The van der Waals surface area contributed by atoms with Crippen LogP contribution in [0, 0.1) is 6.92 Å². The van der Waals surface area contributed by atoms with Crippen molar-refractivity contribution >= 4 is 11.6 Å². The van der Waals surface area contributed by atoms with E-state index in [1.165, 1.54) is 5.56 Å². The first-order chi connectivity index (χ1) is 11.7. The first-order valence-electron chi connectivity index (χ1n) is 8.56. The van der Waals surface area contributed by atoms with Gasteiger partial charge in [-0.1, -0.05) is 48.0 Å². The summed E-state index contributed by atoms with van der Waals surface area (Å²) in [4.78, 5) is 13.0. The standard InChI is InChI=1S/C20H25N3O/c1-16-7-9-18(10-8-16)23-20(11-13-21-14-12-20)19(24)22-15-17-5-3-2-4-6-17/h2-10,21,23H,11-15H2,1H3,(H,22,24). The van der Waals surface area contributed by atoms with Crippen LogP contribution in [0.15, 0.2) is 54.6 Å². The smallest absolute Gasteiger partial charge is 0.246 e. The van der Waals surface area contributed by atoms with Crippen molar-refractivity contribution in [2.24, 2.45) is 0 Å². The van der Waals surface area contributed by atoms with Crippen LogP contribution in [-0.2, 0) is 11.3 Å². The van der Waals surface area contributed by atoms with Crippen molar-refractivity contribution in [3.05, 3.63) is 65.7 Å². The van der Waals surface area contributed by atoms with E-state index < -0.39 is 5.54 Å². The summed E-state index contributed by atoms with van der Waals surface area (Å²) in [5.74, 6) is 0.0772. The van der Waals surface area contributed by atoms with Gasteiger partial charge in [0, 0.05) is 12.2 Å². The summed E-state index contributed by atoms with van der Waals surface area (Å²) in [6.07, 6.45) is 1.56. The Morgan fingerprint density at radius 2 is 1.71 bits per heavy atom. The molecule has 3 rings (SSSR count). The predicted molar refractivity (Wildman–Crippen MR) is 97.9 cm³/mol. The van der Waals surface area contributed by atoms with Gasteiger partial charge in [0.1, 0.15) is 5.54 Å². The van der Waals surface area contributed by atoms with Gasteiger partial charge in [0.2, 0.25) is 5.91 Å². The molecule has 24 heavy (non-hydrogen) atoms. The van der Waals surface area contributed by atoms with E-state index in [0.29, 0.717) is 6.54 Å². The Bertz CT molecular complexity index is 661. The highest BCUT2D eigenvalue weighted by molar-refractivity contribution is 5.89. The van der Waals surface area contributed by atoms with Crippen LogP contribution in [-0.4, -0.2) is 24.5 Å². The Balaban J connectivity index is 1.72. The largest absolute Gasteiger partial charge is 0.371 e. The molecule has 1 heterocycles. The molecular weight excluding hydrogens is 298 g/mol. The number of carbonyl (C=O) groups excluding carboxylic acids is 1. The van der Waals surface area contributed by atoms with E-state index in [9.17, 15) is 4.79 Å². The molecule has 1 amide bonds. The van der Waals surface area contributed by atoms with Crippen LogP contribution in [0.4, 0.5) is 5.69 Å². The van der Waals surface area contributed by atoms with Crippen molar-refractivity contribution in [3.8, 4) is 0 Å². The lowest BCUT2D eigenvalue weighted by Crippen LogP contribution is -2.57. The molecule has 2 aromatic rings. The molecule has 0 spiro atoms. The van der Waals surface area contributed by atoms with Crippen LogP contribution in [0.2, 0.25) is 0 Å². The van der Waals surface area contributed by atoms with Crippen LogP contribution in [0.5, 0.6) is 0 Å². The minimum absolute atomic E-state index is 0.0772. The fourth-order valence-electron chi connectivity index (χ4n) is 3.12. The normalized spacial score (nSPS) is 16.4. The summed E-state index contributed by atoms with van der Waals surface area (Å²) < 4.78 is 0. The lowest BCUT2D eigenvalue weighted by molar-refractivity contribution is -0.126. The highest BCUT2D eigenvalue weighted by atomic mass is 16.2. The van der Waals surface area contributed by atoms with Gasteiger partial charge >= 0.3 is 0 Å². The third-order valence-corrected chi connectivity index (χ3v) is 4.62. The van der Waals surface area contributed by atoms with Crippen molar-refractivity contribution in [1.29, 1.82) is 0 Å². The summed E-state index contributed by atoms with van der Waals surface area (Å²) in [6, 6.07) is 18.3. The predicted octanol–water partition coefficient (Wildman–Crippen LogP) is 2.85. The first kappa shape index (κ1) is 16.5. The molecule has 3 N–H and O–H groups in total. The lowest BCUT2D eigenvalue weighted by atomic mass is 9.86. The number of rotatable bonds is 5. The van der Waals surface area contributed by atoms with E-state index in [4.69, 9.17) is 0 Å². The highest BCUT2D eigenvalue weighted by Gasteiger charge is 2.39. The van der Waals surface area contributed by atoms with E-state index in [2.05, 4.69) is 35.0 Å². The Morgan fingerprint density at radius 3 is 2.38 bits per heavy atom. The molecule has 0 bridgehead atoms. The number of piperidine rings is 1. The number of anilines is 1. The Kier molecular flexibility index (Phi) is 5.16. The molecule has 0 aromatic heterocycles. The first-order valence-corrected chi connectivity index (χ1v) is 8.56. The van der Waals surface area contributed by atoms with Crippen molar-refractivity contribution in [2.75, 3.05) is 18.4 Å². The van der Waals surface area contributed by atoms with Crippen molar-refractivity contribution in [3.63, 3.8) is 0 Å².